The fourth-order valence-electron chi connectivity index (χ4n) is 2.42. The van der Waals surface area contributed by atoms with Gasteiger partial charge in [0.25, 0.3) is 0 Å². The van der Waals surface area contributed by atoms with Crippen molar-refractivity contribution in [3.8, 4) is 0 Å². The molecule has 1 aliphatic heterocycles. The van der Waals surface area contributed by atoms with E-state index < -0.39 is 0 Å². The van der Waals surface area contributed by atoms with E-state index >= 15 is 0 Å². The van der Waals surface area contributed by atoms with Gasteiger partial charge in [0.05, 0.1) is 19.8 Å². The van der Waals surface area contributed by atoms with Gasteiger partial charge < -0.3 is 15.4 Å². The number of hydrogen-bond acceptors (Lipinski definition) is 6. The number of morpholine rings is 1. The standard InChI is InChI=1S/C16H29N5OS2/c1-3-17-15(18-5-4-11-23-16-19-6-12-24-16)20-13-14(2)21-7-9-22-10-8-21/h6,12,14H,3-5,7-11,13H2,1-2H3,(H2,17,18,20). The number of rotatable bonds is 9. The molecule has 0 saturated carbocycles. The van der Waals surface area contributed by atoms with Gasteiger partial charge in [-0.25, -0.2) is 4.98 Å². The Bertz CT molecular complexity index is 463. The zero-order chi connectivity index (χ0) is 17.0. The number of nitrogens with zero attached hydrogens (tertiary/aromatic N) is 3. The van der Waals surface area contributed by atoms with Crippen LogP contribution in [0.15, 0.2) is 20.9 Å². The number of aromatic nitrogens is 1. The number of thioether (sulfide) groups is 1. The molecule has 136 valence electrons. The number of thiazole rings is 1. The van der Waals surface area contributed by atoms with Crippen LogP contribution in [0.5, 0.6) is 0 Å². The van der Waals surface area contributed by atoms with E-state index in [2.05, 4.69) is 34.4 Å². The van der Waals surface area contributed by atoms with Crippen LogP contribution in [0.4, 0.5) is 0 Å². The Morgan fingerprint density at radius 3 is 3.00 bits per heavy atom. The van der Waals surface area contributed by atoms with Gasteiger partial charge in [-0.2, -0.15) is 0 Å². The Hall–Kier alpha value is -0.830. The lowest BCUT2D eigenvalue weighted by Crippen LogP contribution is -2.44. The van der Waals surface area contributed by atoms with E-state index in [9.17, 15) is 0 Å². The van der Waals surface area contributed by atoms with Gasteiger partial charge in [0, 0.05) is 49.6 Å². The maximum absolute atomic E-state index is 5.41. The number of ether oxygens (including phenoxy) is 1. The summed E-state index contributed by atoms with van der Waals surface area (Å²) in [4.78, 5) is 11.5. The Morgan fingerprint density at radius 2 is 2.29 bits per heavy atom. The molecule has 0 radical (unpaired) electrons. The van der Waals surface area contributed by atoms with E-state index in [1.165, 1.54) is 0 Å². The summed E-state index contributed by atoms with van der Waals surface area (Å²) in [6.07, 6.45) is 2.95. The summed E-state index contributed by atoms with van der Waals surface area (Å²) in [5, 5.41) is 8.77. The number of nitrogens with one attached hydrogen (secondary N) is 2. The van der Waals surface area contributed by atoms with Crippen LogP contribution in [-0.4, -0.2) is 73.6 Å². The molecule has 0 aliphatic carbocycles. The molecule has 24 heavy (non-hydrogen) atoms. The highest BCUT2D eigenvalue weighted by Gasteiger charge is 2.16. The molecule has 1 fully saturated rings. The minimum atomic E-state index is 0.449. The molecule has 2 heterocycles. The first-order chi connectivity index (χ1) is 11.8. The highest BCUT2D eigenvalue weighted by atomic mass is 32.2. The van der Waals surface area contributed by atoms with Gasteiger partial charge in [-0.15, -0.1) is 11.3 Å². The van der Waals surface area contributed by atoms with Gasteiger partial charge in [-0.3, -0.25) is 9.89 Å². The van der Waals surface area contributed by atoms with E-state index in [1.54, 1.807) is 11.3 Å². The van der Waals surface area contributed by atoms with Crippen molar-refractivity contribution in [1.82, 2.24) is 20.5 Å². The van der Waals surface area contributed by atoms with Gasteiger partial charge in [0.1, 0.15) is 4.34 Å². The van der Waals surface area contributed by atoms with Crippen molar-refractivity contribution in [2.24, 2.45) is 4.99 Å². The summed E-state index contributed by atoms with van der Waals surface area (Å²) in [7, 11) is 0. The van der Waals surface area contributed by atoms with Crippen LogP contribution in [0.2, 0.25) is 0 Å². The molecule has 0 aromatic carbocycles. The van der Waals surface area contributed by atoms with Gasteiger partial charge in [0.2, 0.25) is 0 Å². The van der Waals surface area contributed by atoms with Crippen LogP contribution in [0.3, 0.4) is 0 Å². The fraction of sp³-hybridized carbons (Fsp3) is 0.750. The van der Waals surface area contributed by atoms with E-state index in [0.717, 1.165) is 68.4 Å². The quantitative estimate of drug-likeness (QED) is 0.299. The fourth-order valence-corrected chi connectivity index (χ4v) is 4.07. The van der Waals surface area contributed by atoms with Crippen LogP contribution in [0, 0.1) is 0 Å². The molecule has 1 aliphatic rings. The largest absolute Gasteiger partial charge is 0.379 e. The molecular weight excluding hydrogens is 342 g/mol. The van der Waals surface area contributed by atoms with Gasteiger partial charge in [0.15, 0.2) is 5.96 Å². The Labute approximate surface area is 153 Å². The average Bonchev–Trinajstić information content (AvgIpc) is 3.13. The molecule has 2 rings (SSSR count). The lowest BCUT2D eigenvalue weighted by atomic mass is 10.2. The zero-order valence-electron chi connectivity index (χ0n) is 14.7. The molecule has 0 amide bonds. The second-order valence-electron chi connectivity index (χ2n) is 5.64. The molecule has 1 aromatic heterocycles. The van der Waals surface area contributed by atoms with E-state index in [1.807, 2.05) is 23.3 Å². The third-order valence-electron chi connectivity index (χ3n) is 3.78. The SMILES string of the molecule is CCNC(=NCC(C)N1CCOCC1)NCCCSc1nccs1. The van der Waals surface area contributed by atoms with Crippen molar-refractivity contribution in [2.75, 3.05) is 51.7 Å². The molecule has 8 heteroatoms. The van der Waals surface area contributed by atoms with E-state index in [0.29, 0.717) is 6.04 Å². The van der Waals surface area contributed by atoms with Crippen LogP contribution < -0.4 is 10.6 Å². The second kappa shape index (κ2) is 11.7. The molecule has 0 bridgehead atoms. The minimum Gasteiger partial charge on any atom is -0.379 e. The molecule has 6 nitrogen and oxygen atoms in total. The summed E-state index contributed by atoms with van der Waals surface area (Å²) < 4.78 is 6.56. The van der Waals surface area contributed by atoms with Crippen LogP contribution in [-0.2, 0) is 4.74 Å². The molecule has 0 spiro atoms. The number of aliphatic imine (C=N–C) groups is 1. The Morgan fingerprint density at radius 1 is 1.46 bits per heavy atom. The van der Waals surface area contributed by atoms with Crippen molar-refractivity contribution in [2.45, 2.75) is 30.6 Å². The first-order valence-electron chi connectivity index (χ1n) is 8.66. The summed E-state index contributed by atoms with van der Waals surface area (Å²) in [6.45, 7) is 10.6. The van der Waals surface area contributed by atoms with Crippen molar-refractivity contribution in [3.05, 3.63) is 11.6 Å². The van der Waals surface area contributed by atoms with Crippen LogP contribution in [0.25, 0.3) is 0 Å². The smallest absolute Gasteiger partial charge is 0.191 e. The number of guanidine groups is 1. The molecule has 1 unspecified atom stereocenters. The lowest BCUT2D eigenvalue weighted by Gasteiger charge is -2.31. The normalized spacial score (nSPS) is 17.7. The predicted octanol–water partition coefficient (Wildman–Crippen LogP) is 1.90. The summed E-state index contributed by atoms with van der Waals surface area (Å²) in [5.74, 6) is 1.99. The topological polar surface area (TPSA) is 61.8 Å². The molecule has 1 saturated heterocycles. The van der Waals surface area contributed by atoms with Crippen LogP contribution >= 0.6 is 23.1 Å². The average molecular weight is 372 g/mol. The molecule has 1 atom stereocenters. The predicted molar refractivity (Wildman–Crippen MR) is 103 cm³/mol. The Kier molecular flexibility index (Phi) is 9.48. The summed E-state index contributed by atoms with van der Waals surface area (Å²) in [5.41, 5.74) is 0. The maximum atomic E-state index is 5.41. The highest BCUT2D eigenvalue weighted by molar-refractivity contribution is 8.00. The van der Waals surface area contributed by atoms with Crippen LogP contribution in [0.1, 0.15) is 20.3 Å². The van der Waals surface area contributed by atoms with Crippen molar-refractivity contribution in [3.63, 3.8) is 0 Å². The minimum absolute atomic E-state index is 0.449. The third-order valence-corrected chi connectivity index (χ3v) is 5.83. The van der Waals surface area contributed by atoms with E-state index in [-0.39, 0.29) is 0 Å². The number of hydrogen-bond donors (Lipinski definition) is 2. The maximum Gasteiger partial charge on any atom is 0.191 e. The Balaban J connectivity index is 1.65. The van der Waals surface area contributed by atoms with Gasteiger partial charge >= 0.3 is 0 Å². The second-order valence-corrected chi connectivity index (χ2v) is 7.88. The summed E-state index contributed by atoms with van der Waals surface area (Å²) in [6, 6.07) is 0.449. The van der Waals surface area contributed by atoms with Gasteiger partial charge in [-0.1, -0.05) is 11.8 Å². The molecular formula is C16H29N5OS2. The van der Waals surface area contributed by atoms with E-state index in [4.69, 9.17) is 9.73 Å². The highest BCUT2D eigenvalue weighted by Crippen LogP contribution is 2.20. The van der Waals surface area contributed by atoms with Gasteiger partial charge in [-0.05, 0) is 20.3 Å². The third kappa shape index (κ3) is 7.38. The lowest BCUT2D eigenvalue weighted by molar-refractivity contribution is 0.0220. The first kappa shape index (κ1) is 19.5. The first-order valence-corrected chi connectivity index (χ1v) is 10.5. The van der Waals surface area contributed by atoms with Crippen molar-refractivity contribution in [1.29, 1.82) is 0 Å². The molecule has 1 aromatic rings. The van der Waals surface area contributed by atoms with Crippen molar-refractivity contribution < 1.29 is 4.74 Å². The van der Waals surface area contributed by atoms with Crippen molar-refractivity contribution >= 4 is 29.1 Å². The zero-order valence-corrected chi connectivity index (χ0v) is 16.3. The molecule has 2 N–H and O–H groups in total. The summed E-state index contributed by atoms with van der Waals surface area (Å²) >= 11 is 3.52. The monoisotopic (exact) mass is 371 g/mol.